The van der Waals surface area contributed by atoms with E-state index in [1.54, 1.807) is 5.57 Å². The van der Waals surface area contributed by atoms with E-state index in [1.807, 2.05) is 19.9 Å². The molecular formula is C13H25N. The van der Waals surface area contributed by atoms with Crippen LogP contribution in [-0.2, 0) is 0 Å². The van der Waals surface area contributed by atoms with Gasteiger partial charge in [-0.15, -0.1) is 0 Å². The number of allylic oxidation sites excluding steroid dienone is 4. The molecule has 2 N–H and O–H groups in total. The molecule has 0 saturated carbocycles. The Hall–Kier alpha value is -0.720. The van der Waals surface area contributed by atoms with E-state index in [0.29, 0.717) is 5.41 Å². The second-order valence-electron chi connectivity index (χ2n) is 4.96. The SMILES string of the molecule is C/C=C(\C)N.CC1=CCCC(C)(C)C1. The minimum atomic E-state index is 0.582. The summed E-state index contributed by atoms with van der Waals surface area (Å²) in [5, 5.41) is 0. The first-order valence-electron chi connectivity index (χ1n) is 5.41. The molecule has 1 nitrogen and oxygen atoms in total. The first-order valence-corrected chi connectivity index (χ1v) is 5.41. The largest absolute Gasteiger partial charge is 0.403 e. The van der Waals surface area contributed by atoms with Crippen molar-refractivity contribution in [2.75, 3.05) is 0 Å². The van der Waals surface area contributed by atoms with Crippen LogP contribution in [0, 0.1) is 5.41 Å². The van der Waals surface area contributed by atoms with E-state index in [0.717, 1.165) is 5.70 Å². The second-order valence-corrected chi connectivity index (χ2v) is 4.96. The van der Waals surface area contributed by atoms with Gasteiger partial charge in [0.05, 0.1) is 0 Å². The van der Waals surface area contributed by atoms with Gasteiger partial charge in [0.2, 0.25) is 0 Å². The van der Waals surface area contributed by atoms with Crippen molar-refractivity contribution in [3.63, 3.8) is 0 Å². The molecule has 14 heavy (non-hydrogen) atoms. The van der Waals surface area contributed by atoms with Crippen LogP contribution in [0.4, 0.5) is 0 Å². The number of nitrogens with two attached hydrogens (primary N) is 1. The molecule has 0 radical (unpaired) electrons. The van der Waals surface area contributed by atoms with Crippen LogP contribution < -0.4 is 5.73 Å². The first-order chi connectivity index (χ1) is 6.37. The lowest BCUT2D eigenvalue weighted by Crippen LogP contribution is -2.14. The number of rotatable bonds is 0. The van der Waals surface area contributed by atoms with Crippen LogP contribution in [0.2, 0.25) is 0 Å². The van der Waals surface area contributed by atoms with E-state index in [2.05, 4.69) is 26.8 Å². The zero-order valence-corrected chi connectivity index (χ0v) is 10.4. The van der Waals surface area contributed by atoms with Crippen molar-refractivity contribution in [1.29, 1.82) is 0 Å². The van der Waals surface area contributed by atoms with E-state index in [4.69, 9.17) is 5.73 Å². The van der Waals surface area contributed by atoms with Crippen LogP contribution in [0.3, 0.4) is 0 Å². The van der Waals surface area contributed by atoms with Gasteiger partial charge in [-0.1, -0.05) is 31.6 Å². The predicted octanol–water partition coefficient (Wildman–Crippen LogP) is 4.01. The van der Waals surface area contributed by atoms with Gasteiger partial charge in [0.25, 0.3) is 0 Å². The zero-order valence-electron chi connectivity index (χ0n) is 10.4. The van der Waals surface area contributed by atoms with Gasteiger partial charge in [-0.3, -0.25) is 0 Å². The maximum absolute atomic E-state index is 5.15. The lowest BCUT2D eigenvalue weighted by molar-refractivity contribution is 0.320. The van der Waals surface area contributed by atoms with Crippen molar-refractivity contribution >= 4 is 0 Å². The van der Waals surface area contributed by atoms with Crippen molar-refractivity contribution in [1.82, 2.24) is 0 Å². The van der Waals surface area contributed by atoms with E-state index >= 15 is 0 Å². The van der Waals surface area contributed by atoms with Crippen LogP contribution >= 0.6 is 0 Å². The molecule has 0 aliphatic heterocycles. The molecule has 0 amide bonds. The number of hydrogen-bond acceptors (Lipinski definition) is 1. The van der Waals surface area contributed by atoms with Crippen molar-refractivity contribution in [2.45, 2.75) is 53.9 Å². The summed E-state index contributed by atoms with van der Waals surface area (Å²) in [5.74, 6) is 0. The Labute approximate surface area is 89.1 Å². The molecule has 0 saturated heterocycles. The first kappa shape index (κ1) is 13.3. The highest BCUT2D eigenvalue weighted by Crippen LogP contribution is 2.34. The summed E-state index contributed by atoms with van der Waals surface area (Å²) in [6.07, 6.45) is 8.18. The Morgan fingerprint density at radius 3 is 2.21 bits per heavy atom. The predicted molar refractivity (Wildman–Crippen MR) is 65.0 cm³/mol. The van der Waals surface area contributed by atoms with Crippen LogP contribution in [0.15, 0.2) is 23.4 Å². The second kappa shape index (κ2) is 5.90. The summed E-state index contributed by atoms with van der Waals surface area (Å²) in [6.45, 7) is 10.7. The molecule has 1 aliphatic carbocycles. The van der Waals surface area contributed by atoms with Gasteiger partial charge in [-0.25, -0.2) is 0 Å². The van der Waals surface area contributed by atoms with Gasteiger partial charge >= 0.3 is 0 Å². The summed E-state index contributed by atoms with van der Waals surface area (Å²) in [6, 6.07) is 0. The van der Waals surface area contributed by atoms with Crippen molar-refractivity contribution in [3.8, 4) is 0 Å². The van der Waals surface area contributed by atoms with E-state index in [1.165, 1.54) is 19.3 Å². The van der Waals surface area contributed by atoms with E-state index in [9.17, 15) is 0 Å². The molecule has 1 rings (SSSR count). The van der Waals surface area contributed by atoms with Crippen molar-refractivity contribution in [2.24, 2.45) is 11.1 Å². The van der Waals surface area contributed by atoms with Crippen LogP contribution in [-0.4, -0.2) is 0 Å². The Morgan fingerprint density at radius 1 is 1.50 bits per heavy atom. The van der Waals surface area contributed by atoms with Gasteiger partial charge < -0.3 is 5.73 Å². The molecule has 0 aromatic carbocycles. The van der Waals surface area contributed by atoms with Crippen LogP contribution in [0.25, 0.3) is 0 Å². The summed E-state index contributed by atoms with van der Waals surface area (Å²) in [5.41, 5.74) is 8.19. The Morgan fingerprint density at radius 2 is 2.00 bits per heavy atom. The normalized spacial score (nSPS) is 20.6. The van der Waals surface area contributed by atoms with Gasteiger partial charge in [0.15, 0.2) is 0 Å². The third-order valence-corrected chi connectivity index (χ3v) is 2.53. The van der Waals surface area contributed by atoms with Gasteiger partial charge in [0, 0.05) is 5.70 Å². The lowest BCUT2D eigenvalue weighted by Gasteiger charge is -2.28. The smallest absolute Gasteiger partial charge is 0.000552 e. The topological polar surface area (TPSA) is 26.0 Å². The quantitative estimate of drug-likeness (QED) is 0.581. The van der Waals surface area contributed by atoms with E-state index < -0.39 is 0 Å². The van der Waals surface area contributed by atoms with Crippen LogP contribution in [0.5, 0.6) is 0 Å². The fraction of sp³-hybridized carbons (Fsp3) is 0.692. The van der Waals surface area contributed by atoms with E-state index in [-0.39, 0.29) is 0 Å². The summed E-state index contributed by atoms with van der Waals surface area (Å²) in [4.78, 5) is 0. The molecule has 1 heteroatoms. The average molecular weight is 195 g/mol. The molecule has 0 heterocycles. The maximum Gasteiger partial charge on any atom is 0.000552 e. The van der Waals surface area contributed by atoms with Crippen molar-refractivity contribution < 1.29 is 0 Å². The highest BCUT2D eigenvalue weighted by atomic mass is 14.5. The molecule has 0 atom stereocenters. The molecule has 0 fully saturated rings. The third-order valence-electron chi connectivity index (χ3n) is 2.53. The monoisotopic (exact) mass is 195 g/mol. The third kappa shape index (κ3) is 6.76. The molecule has 0 aromatic heterocycles. The standard InChI is InChI=1S/C9H16.C4H9N/c1-8-5-4-6-9(2,3)7-8;1-3-4(2)5/h5H,4,6-7H2,1-3H3;3H,5H2,1-2H3/b;4-3+. The van der Waals surface area contributed by atoms with Crippen molar-refractivity contribution in [3.05, 3.63) is 23.4 Å². The van der Waals surface area contributed by atoms with Gasteiger partial charge in [-0.05, 0) is 45.4 Å². The number of hydrogen-bond donors (Lipinski definition) is 1. The molecule has 0 unspecified atom stereocenters. The molecular weight excluding hydrogens is 170 g/mol. The molecule has 82 valence electrons. The zero-order chi connectivity index (χ0) is 11.2. The fourth-order valence-corrected chi connectivity index (χ4v) is 1.62. The molecule has 0 bridgehead atoms. The summed E-state index contributed by atoms with van der Waals surface area (Å²) < 4.78 is 0. The fourth-order valence-electron chi connectivity index (χ4n) is 1.62. The summed E-state index contributed by atoms with van der Waals surface area (Å²) in [7, 11) is 0. The highest BCUT2D eigenvalue weighted by Gasteiger charge is 2.20. The van der Waals surface area contributed by atoms with Gasteiger partial charge in [-0.2, -0.15) is 0 Å². The highest BCUT2D eigenvalue weighted by molar-refractivity contribution is 5.05. The maximum atomic E-state index is 5.15. The molecule has 0 aromatic rings. The summed E-state index contributed by atoms with van der Waals surface area (Å²) >= 11 is 0. The minimum Gasteiger partial charge on any atom is -0.403 e. The van der Waals surface area contributed by atoms with Crippen LogP contribution in [0.1, 0.15) is 53.9 Å². The Balaban J connectivity index is 0.000000292. The Bertz CT molecular complexity index is 217. The lowest BCUT2D eigenvalue weighted by atomic mass is 9.78. The minimum absolute atomic E-state index is 0.582. The van der Waals surface area contributed by atoms with Gasteiger partial charge in [0.1, 0.15) is 0 Å². The Kier molecular flexibility index (Phi) is 5.59. The molecule has 0 spiro atoms. The molecule has 1 aliphatic rings. The average Bonchev–Trinajstić information content (AvgIpc) is 2.02.